The highest BCUT2D eigenvalue weighted by Crippen LogP contribution is 2.68. The van der Waals surface area contributed by atoms with Crippen molar-refractivity contribution in [3.05, 3.63) is 0 Å². The van der Waals surface area contributed by atoms with E-state index in [1.165, 1.54) is 38.9 Å². The quantitative estimate of drug-likeness (QED) is 0.819. The van der Waals surface area contributed by atoms with Crippen LogP contribution in [0.1, 0.15) is 60.8 Å². The first-order valence-corrected chi connectivity index (χ1v) is 8.28. The molecule has 0 aromatic carbocycles. The third-order valence-electron chi connectivity index (χ3n) is 6.43. The minimum absolute atomic E-state index is 0.532. The first kappa shape index (κ1) is 15.3. The van der Waals surface area contributed by atoms with Gasteiger partial charge in [-0.1, -0.05) is 34.6 Å². The van der Waals surface area contributed by atoms with E-state index in [0.29, 0.717) is 10.8 Å². The van der Waals surface area contributed by atoms with Crippen molar-refractivity contribution in [1.29, 1.82) is 0 Å². The van der Waals surface area contributed by atoms with Gasteiger partial charge in [-0.15, -0.1) is 0 Å². The van der Waals surface area contributed by atoms with Crippen molar-refractivity contribution in [2.45, 2.75) is 72.9 Å². The average Bonchev–Trinajstić information content (AvgIpc) is 2.71. The highest BCUT2D eigenvalue weighted by Gasteiger charge is 2.64. The molecule has 2 aliphatic rings. The zero-order valence-corrected chi connectivity index (χ0v) is 13.9. The van der Waals surface area contributed by atoms with Crippen LogP contribution in [-0.4, -0.2) is 36.6 Å². The number of rotatable bonds is 5. The lowest BCUT2D eigenvalue weighted by atomic mass is 9.97. The van der Waals surface area contributed by atoms with E-state index in [-0.39, 0.29) is 0 Å². The molecule has 0 aromatic rings. The number of nitrogens with one attached hydrogen (secondary N) is 1. The van der Waals surface area contributed by atoms with Gasteiger partial charge in [0.25, 0.3) is 0 Å². The molecule has 0 spiro atoms. The summed E-state index contributed by atoms with van der Waals surface area (Å²) in [5.41, 5.74) is 1.06. The van der Waals surface area contributed by atoms with Gasteiger partial charge in [0.15, 0.2) is 0 Å². The topological polar surface area (TPSA) is 15.3 Å². The Kier molecular flexibility index (Phi) is 4.32. The van der Waals surface area contributed by atoms with Crippen LogP contribution >= 0.6 is 0 Å². The lowest BCUT2D eigenvalue weighted by molar-refractivity contribution is 0.123. The van der Waals surface area contributed by atoms with Gasteiger partial charge in [-0.05, 0) is 56.0 Å². The second kappa shape index (κ2) is 5.37. The van der Waals surface area contributed by atoms with Crippen molar-refractivity contribution < 1.29 is 0 Å². The van der Waals surface area contributed by atoms with Crippen molar-refractivity contribution in [2.24, 2.45) is 16.7 Å². The molecule has 2 rings (SSSR count). The summed E-state index contributed by atoms with van der Waals surface area (Å²) >= 11 is 0. The molecule has 2 heteroatoms. The van der Waals surface area contributed by atoms with Gasteiger partial charge in [-0.3, -0.25) is 0 Å². The molecule has 1 aliphatic heterocycles. The third-order valence-corrected chi connectivity index (χ3v) is 6.43. The summed E-state index contributed by atoms with van der Waals surface area (Å²) < 4.78 is 0. The molecule has 0 radical (unpaired) electrons. The molecule has 1 heterocycles. The van der Waals surface area contributed by atoms with Gasteiger partial charge in [0.05, 0.1) is 0 Å². The summed E-state index contributed by atoms with van der Waals surface area (Å²) in [7, 11) is 0. The van der Waals surface area contributed by atoms with Crippen molar-refractivity contribution in [2.75, 3.05) is 19.6 Å². The van der Waals surface area contributed by atoms with E-state index >= 15 is 0 Å². The van der Waals surface area contributed by atoms with Gasteiger partial charge in [0.2, 0.25) is 0 Å². The standard InChI is InChI=1S/C17H34N2/c1-7-9-18-14-8-10-19(13(2)11-14)12-15-16(3,4)17(15,5)6/h13-15,18H,7-12H2,1-6H3. The Morgan fingerprint density at radius 1 is 1.16 bits per heavy atom. The Morgan fingerprint density at radius 2 is 1.79 bits per heavy atom. The summed E-state index contributed by atoms with van der Waals surface area (Å²) in [4.78, 5) is 2.74. The molecule has 2 atom stereocenters. The highest BCUT2D eigenvalue weighted by molar-refractivity contribution is 5.13. The lowest BCUT2D eigenvalue weighted by Gasteiger charge is -2.38. The Bertz CT molecular complexity index is 294. The van der Waals surface area contributed by atoms with Gasteiger partial charge < -0.3 is 10.2 Å². The molecular weight excluding hydrogens is 232 g/mol. The monoisotopic (exact) mass is 266 g/mol. The van der Waals surface area contributed by atoms with Gasteiger partial charge in [-0.25, -0.2) is 0 Å². The lowest BCUT2D eigenvalue weighted by Crippen LogP contribution is -2.48. The molecule has 1 aliphatic carbocycles. The zero-order valence-electron chi connectivity index (χ0n) is 13.9. The summed E-state index contributed by atoms with van der Waals surface area (Å²) in [5.74, 6) is 0.877. The molecule has 1 N–H and O–H groups in total. The molecule has 1 saturated heterocycles. The van der Waals surface area contributed by atoms with Crippen molar-refractivity contribution in [1.82, 2.24) is 10.2 Å². The smallest absolute Gasteiger partial charge is 0.00940 e. The predicted octanol–water partition coefficient (Wildman–Crippen LogP) is 3.52. The van der Waals surface area contributed by atoms with Crippen LogP contribution in [-0.2, 0) is 0 Å². The molecule has 2 fully saturated rings. The van der Waals surface area contributed by atoms with Crippen LogP contribution < -0.4 is 5.32 Å². The Hall–Kier alpha value is -0.0800. The largest absolute Gasteiger partial charge is 0.314 e. The van der Waals surface area contributed by atoms with Crippen molar-refractivity contribution >= 4 is 0 Å². The minimum atomic E-state index is 0.532. The van der Waals surface area contributed by atoms with E-state index in [2.05, 4.69) is 51.8 Å². The molecule has 0 bridgehead atoms. The van der Waals surface area contributed by atoms with Crippen LogP contribution in [0.15, 0.2) is 0 Å². The van der Waals surface area contributed by atoms with Crippen LogP contribution in [0.4, 0.5) is 0 Å². The van der Waals surface area contributed by atoms with E-state index in [9.17, 15) is 0 Å². The first-order valence-electron chi connectivity index (χ1n) is 8.28. The fourth-order valence-electron chi connectivity index (χ4n) is 4.05. The van der Waals surface area contributed by atoms with Gasteiger partial charge in [-0.2, -0.15) is 0 Å². The van der Waals surface area contributed by atoms with E-state index < -0.39 is 0 Å². The fraction of sp³-hybridized carbons (Fsp3) is 1.00. The Labute approximate surface area is 120 Å². The molecule has 0 amide bonds. The number of hydrogen-bond donors (Lipinski definition) is 1. The number of likely N-dealkylation sites (tertiary alicyclic amines) is 1. The number of hydrogen-bond acceptors (Lipinski definition) is 2. The van der Waals surface area contributed by atoms with Gasteiger partial charge >= 0.3 is 0 Å². The number of nitrogens with zero attached hydrogens (tertiary/aromatic N) is 1. The van der Waals surface area contributed by atoms with E-state index in [1.54, 1.807) is 0 Å². The highest BCUT2D eigenvalue weighted by atomic mass is 15.2. The van der Waals surface area contributed by atoms with Gasteiger partial charge in [0.1, 0.15) is 0 Å². The fourth-order valence-corrected chi connectivity index (χ4v) is 4.05. The normalized spacial score (nSPS) is 34.4. The third kappa shape index (κ3) is 2.85. The Balaban J connectivity index is 1.81. The molecule has 1 saturated carbocycles. The molecule has 0 aromatic heterocycles. The summed E-state index contributed by atoms with van der Waals surface area (Å²) in [6.07, 6.45) is 3.91. The van der Waals surface area contributed by atoms with Gasteiger partial charge in [0, 0.05) is 18.6 Å². The average molecular weight is 266 g/mol. The van der Waals surface area contributed by atoms with Crippen molar-refractivity contribution in [3.8, 4) is 0 Å². The van der Waals surface area contributed by atoms with Crippen LogP contribution in [0.25, 0.3) is 0 Å². The van der Waals surface area contributed by atoms with Crippen LogP contribution in [0, 0.1) is 16.7 Å². The second-order valence-corrected chi connectivity index (χ2v) is 8.02. The summed E-state index contributed by atoms with van der Waals surface area (Å²) in [5, 5.41) is 3.70. The molecule has 19 heavy (non-hydrogen) atoms. The maximum atomic E-state index is 3.70. The SMILES string of the molecule is CCCNC1CCN(CC2C(C)(C)C2(C)C)C(C)C1. The van der Waals surface area contributed by atoms with E-state index in [1.807, 2.05) is 0 Å². The minimum Gasteiger partial charge on any atom is -0.314 e. The Morgan fingerprint density at radius 3 is 2.26 bits per heavy atom. The van der Waals surface area contributed by atoms with Crippen LogP contribution in [0.2, 0.25) is 0 Å². The maximum absolute atomic E-state index is 3.70. The second-order valence-electron chi connectivity index (χ2n) is 8.02. The summed E-state index contributed by atoms with van der Waals surface area (Å²) in [6, 6.07) is 1.50. The molecule has 2 unspecified atom stereocenters. The van der Waals surface area contributed by atoms with E-state index in [0.717, 1.165) is 18.0 Å². The summed E-state index contributed by atoms with van der Waals surface area (Å²) in [6.45, 7) is 18.2. The molecule has 2 nitrogen and oxygen atoms in total. The van der Waals surface area contributed by atoms with Crippen LogP contribution in [0.3, 0.4) is 0 Å². The molecule has 112 valence electrons. The number of piperidine rings is 1. The van der Waals surface area contributed by atoms with Crippen LogP contribution in [0.5, 0.6) is 0 Å². The predicted molar refractivity (Wildman–Crippen MR) is 83.4 cm³/mol. The van der Waals surface area contributed by atoms with Crippen molar-refractivity contribution in [3.63, 3.8) is 0 Å². The first-order chi connectivity index (χ1) is 8.80. The molecular formula is C17H34N2. The maximum Gasteiger partial charge on any atom is 0.00940 e. The zero-order chi connectivity index (χ0) is 14.3. The van der Waals surface area contributed by atoms with E-state index in [4.69, 9.17) is 0 Å².